The van der Waals surface area contributed by atoms with Gasteiger partial charge in [0, 0.05) is 0 Å². The third-order valence-electron chi connectivity index (χ3n) is 0.937. The van der Waals surface area contributed by atoms with Crippen molar-refractivity contribution in [3.8, 4) is 0 Å². The summed E-state index contributed by atoms with van der Waals surface area (Å²) in [6, 6.07) is 0. The second kappa shape index (κ2) is 2.91. The van der Waals surface area contributed by atoms with Crippen LogP contribution in [0.2, 0.25) is 0 Å². The summed E-state index contributed by atoms with van der Waals surface area (Å²) in [5.41, 5.74) is 0.0810. The zero-order valence-electron chi connectivity index (χ0n) is 5.11. The molecule has 1 rings (SSSR count). The third-order valence-corrected chi connectivity index (χ3v) is 0.937. The molecule has 0 saturated heterocycles. The molecular weight excluding hydrogens is 136 g/mol. The normalized spacial score (nSPS) is 16.2. The minimum atomic E-state index is -1.03. The number of rotatable bonds is 1. The Morgan fingerprint density at radius 2 is 2.40 bits per heavy atom. The van der Waals surface area contributed by atoms with Gasteiger partial charge >= 0.3 is 5.97 Å². The van der Waals surface area contributed by atoms with Gasteiger partial charge in [-0.05, 0) is 6.08 Å². The van der Waals surface area contributed by atoms with Crippen LogP contribution < -0.4 is 0 Å². The number of hydrogen-bond acceptors (Lipinski definition) is 3. The summed E-state index contributed by atoms with van der Waals surface area (Å²) in [5.74, 6) is -1.03. The molecule has 0 radical (unpaired) electrons. The molecule has 1 heterocycles. The van der Waals surface area contributed by atoms with Gasteiger partial charge in [0.05, 0.1) is 11.8 Å². The van der Waals surface area contributed by atoms with E-state index in [0.29, 0.717) is 0 Å². The van der Waals surface area contributed by atoms with Crippen LogP contribution in [0, 0.1) is 0 Å². The molecule has 0 amide bonds. The lowest BCUT2D eigenvalue weighted by atomic mass is 10.3. The molecule has 0 atom stereocenters. The van der Waals surface area contributed by atoms with E-state index >= 15 is 0 Å². The molecule has 0 unspecified atom stereocenters. The topological polar surface area (TPSA) is 55.8 Å². The van der Waals surface area contributed by atoms with Crippen molar-refractivity contribution in [3.05, 3.63) is 24.2 Å². The van der Waals surface area contributed by atoms with Gasteiger partial charge in [-0.25, -0.2) is 4.79 Å². The smallest absolute Gasteiger partial charge is 0.338 e. The Balaban J connectivity index is 2.70. The Bertz CT molecular complexity index is 192. The van der Waals surface area contributed by atoms with E-state index in [4.69, 9.17) is 5.11 Å². The lowest BCUT2D eigenvalue weighted by Crippen LogP contribution is -1.97. The molecule has 0 aliphatic carbocycles. The maximum absolute atomic E-state index is 10.3. The highest BCUT2D eigenvalue weighted by atomic mass is 16.7. The molecule has 54 valence electrons. The molecule has 0 aromatic carbocycles. The molecule has 0 saturated carbocycles. The van der Waals surface area contributed by atoms with Gasteiger partial charge in [-0.15, -0.1) is 0 Å². The van der Waals surface area contributed by atoms with Gasteiger partial charge in [-0.3, -0.25) is 0 Å². The molecule has 1 aliphatic rings. The van der Waals surface area contributed by atoms with Gasteiger partial charge in [-0.2, -0.15) is 0 Å². The second-order valence-electron chi connectivity index (χ2n) is 1.63. The largest absolute Gasteiger partial charge is 0.478 e. The number of aliphatic carboxylic acids is 1. The van der Waals surface area contributed by atoms with Crippen molar-refractivity contribution >= 4 is 5.97 Å². The van der Waals surface area contributed by atoms with E-state index in [1.165, 1.54) is 12.3 Å². The average molecular weight is 142 g/mol. The van der Waals surface area contributed by atoms with Crippen molar-refractivity contribution in [2.24, 2.45) is 0 Å². The van der Waals surface area contributed by atoms with Crippen LogP contribution in [-0.2, 0) is 14.3 Å². The van der Waals surface area contributed by atoms with Crippen molar-refractivity contribution in [1.82, 2.24) is 0 Å². The minimum Gasteiger partial charge on any atom is -0.478 e. The molecule has 0 fully saturated rings. The molecule has 4 nitrogen and oxygen atoms in total. The fourth-order valence-corrected chi connectivity index (χ4v) is 0.485. The lowest BCUT2D eigenvalue weighted by Gasteiger charge is -1.94. The zero-order valence-corrected chi connectivity index (χ0v) is 5.11. The summed E-state index contributed by atoms with van der Waals surface area (Å²) in [7, 11) is 0. The van der Waals surface area contributed by atoms with Crippen molar-refractivity contribution in [2.75, 3.05) is 6.79 Å². The SMILES string of the molecule is O=C(O)C1=COCOC=C1. The van der Waals surface area contributed by atoms with E-state index in [9.17, 15) is 4.79 Å². The molecule has 4 heteroatoms. The second-order valence-corrected chi connectivity index (χ2v) is 1.63. The highest BCUT2D eigenvalue weighted by molar-refractivity contribution is 5.89. The quantitative estimate of drug-likeness (QED) is 0.578. The first-order valence-electron chi connectivity index (χ1n) is 2.64. The Morgan fingerprint density at radius 1 is 1.60 bits per heavy atom. The van der Waals surface area contributed by atoms with Gasteiger partial charge in [-0.1, -0.05) is 0 Å². The van der Waals surface area contributed by atoms with Crippen LogP contribution in [0.5, 0.6) is 0 Å². The fourth-order valence-electron chi connectivity index (χ4n) is 0.485. The maximum atomic E-state index is 10.3. The highest BCUT2D eigenvalue weighted by Gasteiger charge is 2.04. The standard InChI is InChI=1S/C6H6O4/c7-6(8)5-1-2-9-4-10-3-5/h1-3H,4H2,(H,7,8). The maximum Gasteiger partial charge on any atom is 0.338 e. The molecule has 0 spiro atoms. The van der Waals surface area contributed by atoms with E-state index < -0.39 is 5.97 Å². The van der Waals surface area contributed by atoms with Gasteiger partial charge in [0.15, 0.2) is 0 Å². The molecule has 1 N–H and O–H groups in total. The first-order chi connectivity index (χ1) is 4.80. The molecule has 0 aromatic rings. The van der Waals surface area contributed by atoms with Gasteiger partial charge < -0.3 is 14.6 Å². The highest BCUT2D eigenvalue weighted by Crippen LogP contribution is 2.01. The van der Waals surface area contributed by atoms with Gasteiger partial charge in [0.1, 0.15) is 6.26 Å². The zero-order chi connectivity index (χ0) is 7.40. The number of ether oxygens (including phenoxy) is 2. The predicted octanol–water partition coefficient (Wildman–Crippen LogP) is 0.473. The summed E-state index contributed by atoms with van der Waals surface area (Å²) in [6.07, 6.45) is 3.76. The summed E-state index contributed by atoms with van der Waals surface area (Å²) in [6.45, 7) is 0.0628. The summed E-state index contributed by atoms with van der Waals surface area (Å²) >= 11 is 0. The van der Waals surface area contributed by atoms with Crippen LogP contribution in [0.3, 0.4) is 0 Å². The van der Waals surface area contributed by atoms with Crippen LogP contribution >= 0.6 is 0 Å². The predicted molar refractivity (Wildman–Crippen MR) is 31.9 cm³/mol. The third kappa shape index (κ3) is 1.51. The fraction of sp³-hybridized carbons (Fsp3) is 0.167. The van der Waals surface area contributed by atoms with Gasteiger partial charge in [0.25, 0.3) is 0 Å². The van der Waals surface area contributed by atoms with E-state index in [1.54, 1.807) is 0 Å². The molecule has 0 bridgehead atoms. The van der Waals surface area contributed by atoms with Crippen molar-refractivity contribution < 1.29 is 19.4 Å². The van der Waals surface area contributed by atoms with Crippen molar-refractivity contribution in [2.45, 2.75) is 0 Å². The molecule has 1 aliphatic heterocycles. The number of hydrogen-bond donors (Lipinski definition) is 1. The summed E-state index contributed by atoms with van der Waals surface area (Å²) < 4.78 is 9.30. The van der Waals surface area contributed by atoms with Crippen LogP contribution in [-0.4, -0.2) is 17.9 Å². The average Bonchev–Trinajstić information content (AvgIpc) is 2.12. The Hall–Kier alpha value is -1.45. The van der Waals surface area contributed by atoms with Gasteiger partial charge in [0.2, 0.25) is 6.79 Å². The Labute approximate surface area is 57.4 Å². The van der Waals surface area contributed by atoms with E-state index in [0.717, 1.165) is 6.26 Å². The van der Waals surface area contributed by atoms with Crippen LogP contribution in [0.15, 0.2) is 24.2 Å². The lowest BCUT2D eigenvalue weighted by molar-refractivity contribution is -0.132. The number of carboxylic acids is 1. The minimum absolute atomic E-state index is 0.0628. The molecular formula is C6H6O4. The van der Waals surface area contributed by atoms with E-state index in [1.807, 2.05) is 0 Å². The molecule has 0 aromatic heterocycles. The van der Waals surface area contributed by atoms with Crippen molar-refractivity contribution in [1.29, 1.82) is 0 Å². The van der Waals surface area contributed by atoms with Crippen LogP contribution in [0.25, 0.3) is 0 Å². The number of carboxylic acid groups (broad SMARTS) is 1. The van der Waals surface area contributed by atoms with Crippen LogP contribution in [0.4, 0.5) is 0 Å². The van der Waals surface area contributed by atoms with Crippen LogP contribution in [0.1, 0.15) is 0 Å². The molecule has 10 heavy (non-hydrogen) atoms. The monoisotopic (exact) mass is 142 g/mol. The Morgan fingerprint density at radius 3 is 3.10 bits per heavy atom. The van der Waals surface area contributed by atoms with Crippen molar-refractivity contribution in [3.63, 3.8) is 0 Å². The summed E-state index contributed by atoms with van der Waals surface area (Å²) in [5, 5.41) is 8.41. The summed E-state index contributed by atoms with van der Waals surface area (Å²) in [4.78, 5) is 10.3. The van der Waals surface area contributed by atoms with E-state index in [-0.39, 0.29) is 12.4 Å². The number of carbonyl (C=O) groups is 1. The first-order valence-corrected chi connectivity index (χ1v) is 2.64. The van der Waals surface area contributed by atoms with E-state index in [2.05, 4.69) is 9.47 Å². The first kappa shape index (κ1) is 6.67. The Kier molecular flexibility index (Phi) is 1.94.